The van der Waals surface area contributed by atoms with Gasteiger partial charge in [0.25, 0.3) is 0 Å². The molecule has 6 heteroatoms. The average molecular weight is 271 g/mol. The Hall–Kier alpha value is -2.21. The predicted octanol–water partition coefficient (Wildman–Crippen LogP) is 1.07. The van der Waals surface area contributed by atoms with Gasteiger partial charge in [-0.25, -0.2) is 9.97 Å². The zero-order chi connectivity index (χ0) is 14.1. The summed E-state index contributed by atoms with van der Waals surface area (Å²) in [4.78, 5) is 23.9. The fraction of sp³-hybridized carbons (Fsp3) is 0.357. The van der Waals surface area contributed by atoms with E-state index in [2.05, 4.69) is 25.6 Å². The molecule has 0 saturated heterocycles. The number of hydrogen-bond acceptors (Lipinski definition) is 4. The number of anilines is 1. The van der Waals surface area contributed by atoms with Gasteiger partial charge in [-0.1, -0.05) is 0 Å². The number of fused-ring (bicyclic) bond motifs is 1. The molecule has 1 unspecified atom stereocenters. The van der Waals surface area contributed by atoms with Crippen molar-refractivity contribution in [2.45, 2.75) is 32.9 Å². The predicted molar refractivity (Wildman–Crippen MR) is 75.3 cm³/mol. The Morgan fingerprint density at radius 2 is 2.25 bits per heavy atom. The molecular weight excluding hydrogens is 254 g/mol. The molecule has 3 N–H and O–H groups in total. The number of H-pyrrole nitrogens is 1. The minimum atomic E-state index is -0.270. The smallest absolute Gasteiger partial charge is 0.243 e. The average Bonchev–Trinajstić information content (AvgIpc) is 2.84. The van der Waals surface area contributed by atoms with Crippen molar-refractivity contribution in [2.75, 3.05) is 5.32 Å². The summed E-state index contributed by atoms with van der Waals surface area (Å²) in [6.45, 7) is 4.53. The molecule has 3 rings (SSSR count). The lowest BCUT2D eigenvalue weighted by Crippen LogP contribution is -2.44. The van der Waals surface area contributed by atoms with E-state index >= 15 is 0 Å². The third-order valence-corrected chi connectivity index (χ3v) is 3.40. The van der Waals surface area contributed by atoms with E-state index in [9.17, 15) is 4.79 Å². The molecule has 0 radical (unpaired) electrons. The molecule has 0 spiro atoms. The van der Waals surface area contributed by atoms with Gasteiger partial charge in [-0.3, -0.25) is 10.1 Å². The number of nitrogens with one attached hydrogen (secondary N) is 3. The van der Waals surface area contributed by atoms with E-state index in [1.54, 1.807) is 6.33 Å². The van der Waals surface area contributed by atoms with Crippen LogP contribution in [0, 0.1) is 13.8 Å². The quantitative estimate of drug-likeness (QED) is 0.763. The molecule has 1 amide bonds. The molecule has 2 aromatic rings. The first-order valence-corrected chi connectivity index (χ1v) is 6.62. The van der Waals surface area contributed by atoms with Gasteiger partial charge < -0.3 is 10.3 Å². The van der Waals surface area contributed by atoms with Crippen molar-refractivity contribution in [1.82, 2.24) is 20.3 Å². The lowest BCUT2D eigenvalue weighted by Gasteiger charge is -2.22. The van der Waals surface area contributed by atoms with Gasteiger partial charge in [-0.15, -0.1) is 0 Å². The van der Waals surface area contributed by atoms with E-state index in [0.29, 0.717) is 18.8 Å². The second kappa shape index (κ2) is 5.05. The van der Waals surface area contributed by atoms with Crippen molar-refractivity contribution in [3.63, 3.8) is 0 Å². The number of carbonyl (C=O) groups excluding carboxylic acids is 1. The first kappa shape index (κ1) is 12.8. The molecule has 0 bridgehead atoms. The fourth-order valence-electron chi connectivity index (χ4n) is 2.47. The van der Waals surface area contributed by atoms with Crippen LogP contribution in [0.15, 0.2) is 18.5 Å². The lowest BCUT2D eigenvalue weighted by molar-refractivity contribution is -0.118. The molecule has 3 heterocycles. The van der Waals surface area contributed by atoms with Gasteiger partial charge in [0.2, 0.25) is 5.91 Å². The minimum absolute atomic E-state index is 0.0730. The summed E-state index contributed by atoms with van der Waals surface area (Å²) in [6.07, 6.45) is 2.26. The summed E-state index contributed by atoms with van der Waals surface area (Å²) in [5.74, 6) is 0.526. The van der Waals surface area contributed by atoms with Crippen LogP contribution in [-0.2, 0) is 17.8 Å². The van der Waals surface area contributed by atoms with Crippen molar-refractivity contribution in [1.29, 1.82) is 0 Å². The number of carbonyl (C=O) groups is 1. The number of hydrogen-bond donors (Lipinski definition) is 3. The number of aromatic nitrogens is 3. The molecule has 0 aliphatic carbocycles. The van der Waals surface area contributed by atoms with Gasteiger partial charge in [0.15, 0.2) is 0 Å². The summed E-state index contributed by atoms with van der Waals surface area (Å²) in [6, 6.07) is 3.58. The highest BCUT2D eigenvalue weighted by molar-refractivity contribution is 5.94. The minimum Gasteiger partial charge on any atom is -0.347 e. The number of aryl methyl sites for hydroxylation is 2. The highest BCUT2D eigenvalue weighted by Crippen LogP contribution is 2.14. The summed E-state index contributed by atoms with van der Waals surface area (Å²) in [5.41, 5.74) is 3.99. The van der Waals surface area contributed by atoms with Crippen LogP contribution >= 0.6 is 0 Å². The van der Waals surface area contributed by atoms with Crippen LogP contribution in [0.4, 0.5) is 5.82 Å². The highest BCUT2D eigenvalue weighted by atomic mass is 16.2. The number of pyridine rings is 1. The maximum absolute atomic E-state index is 12.3. The molecule has 1 atom stereocenters. The summed E-state index contributed by atoms with van der Waals surface area (Å²) < 4.78 is 0. The normalized spacial score (nSPS) is 17.6. The summed E-state index contributed by atoms with van der Waals surface area (Å²) in [5, 5.41) is 6.07. The van der Waals surface area contributed by atoms with Gasteiger partial charge in [0, 0.05) is 18.7 Å². The molecule has 6 nitrogen and oxygen atoms in total. The van der Waals surface area contributed by atoms with Crippen molar-refractivity contribution in [3.05, 3.63) is 41.1 Å². The van der Waals surface area contributed by atoms with Crippen molar-refractivity contribution >= 4 is 11.7 Å². The standard InChI is InChI=1S/C14H17N5O/c1-8-3-9(2)18-13(4-8)19-14(20)11-5-10-12(6-15-11)17-7-16-10/h3-4,7,11,15H,5-6H2,1-2H3,(H,16,17)(H,18,19,20). The first-order chi connectivity index (χ1) is 9.61. The number of rotatable bonds is 2. The van der Waals surface area contributed by atoms with E-state index in [1.807, 2.05) is 26.0 Å². The topological polar surface area (TPSA) is 82.7 Å². The van der Waals surface area contributed by atoms with Crippen LogP contribution in [0.1, 0.15) is 22.6 Å². The summed E-state index contributed by atoms with van der Waals surface area (Å²) in [7, 11) is 0. The SMILES string of the molecule is Cc1cc(C)nc(NC(=O)C2Cc3nc[nH]c3CN2)c1. The second-order valence-electron chi connectivity index (χ2n) is 5.13. The van der Waals surface area contributed by atoms with Crippen LogP contribution in [0.25, 0.3) is 0 Å². The third-order valence-electron chi connectivity index (χ3n) is 3.40. The first-order valence-electron chi connectivity index (χ1n) is 6.62. The maximum atomic E-state index is 12.3. The molecule has 0 aromatic carbocycles. The number of amides is 1. The second-order valence-corrected chi connectivity index (χ2v) is 5.13. The fourth-order valence-corrected chi connectivity index (χ4v) is 2.47. The number of aromatic amines is 1. The Balaban J connectivity index is 1.71. The van der Waals surface area contributed by atoms with E-state index in [0.717, 1.165) is 22.6 Å². The van der Waals surface area contributed by atoms with Crippen LogP contribution < -0.4 is 10.6 Å². The van der Waals surface area contributed by atoms with Gasteiger partial charge in [0.1, 0.15) is 5.82 Å². The van der Waals surface area contributed by atoms with Gasteiger partial charge in [0.05, 0.1) is 23.8 Å². The number of nitrogens with zero attached hydrogens (tertiary/aromatic N) is 2. The van der Waals surface area contributed by atoms with Crippen LogP contribution in [-0.4, -0.2) is 26.9 Å². The Labute approximate surface area is 117 Å². The lowest BCUT2D eigenvalue weighted by atomic mass is 10.0. The van der Waals surface area contributed by atoms with Crippen LogP contribution in [0.2, 0.25) is 0 Å². The molecule has 20 heavy (non-hydrogen) atoms. The highest BCUT2D eigenvalue weighted by Gasteiger charge is 2.25. The van der Waals surface area contributed by atoms with E-state index in [4.69, 9.17) is 0 Å². The Morgan fingerprint density at radius 3 is 3.05 bits per heavy atom. The van der Waals surface area contributed by atoms with Gasteiger partial charge in [-0.2, -0.15) is 0 Å². The zero-order valence-electron chi connectivity index (χ0n) is 11.5. The Bertz CT molecular complexity index is 629. The van der Waals surface area contributed by atoms with Gasteiger partial charge >= 0.3 is 0 Å². The van der Waals surface area contributed by atoms with Gasteiger partial charge in [-0.05, 0) is 31.5 Å². The molecule has 0 fully saturated rings. The number of imidazole rings is 1. The zero-order valence-corrected chi connectivity index (χ0v) is 11.5. The largest absolute Gasteiger partial charge is 0.347 e. The third kappa shape index (κ3) is 2.55. The molecular formula is C14H17N5O. The van der Waals surface area contributed by atoms with Crippen molar-refractivity contribution in [3.8, 4) is 0 Å². The van der Waals surface area contributed by atoms with Crippen LogP contribution in [0.5, 0.6) is 0 Å². The molecule has 0 saturated carbocycles. The van der Waals surface area contributed by atoms with E-state index in [1.165, 1.54) is 0 Å². The monoisotopic (exact) mass is 271 g/mol. The Kier molecular flexibility index (Phi) is 3.23. The van der Waals surface area contributed by atoms with E-state index < -0.39 is 0 Å². The maximum Gasteiger partial charge on any atom is 0.243 e. The van der Waals surface area contributed by atoms with E-state index in [-0.39, 0.29) is 11.9 Å². The molecule has 1 aliphatic heterocycles. The summed E-state index contributed by atoms with van der Waals surface area (Å²) >= 11 is 0. The van der Waals surface area contributed by atoms with Crippen molar-refractivity contribution < 1.29 is 4.79 Å². The molecule has 2 aromatic heterocycles. The Morgan fingerprint density at radius 1 is 1.40 bits per heavy atom. The molecule has 1 aliphatic rings. The van der Waals surface area contributed by atoms with Crippen LogP contribution in [0.3, 0.4) is 0 Å². The van der Waals surface area contributed by atoms with Crippen molar-refractivity contribution in [2.24, 2.45) is 0 Å². The molecule has 104 valence electrons.